The van der Waals surface area contributed by atoms with Gasteiger partial charge in [0.25, 0.3) is 5.60 Å². The molecule has 3 N–H and O–H groups in total. The zero-order chi connectivity index (χ0) is 22.3. The highest BCUT2D eigenvalue weighted by Gasteiger charge is 2.56. The number of aromatic nitrogens is 4. The van der Waals surface area contributed by atoms with Gasteiger partial charge < -0.3 is 24.5 Å². The lowest BCUT2D eigenvalue weighted by Crippen LogP contribution is -2.44. The van der Waals surface area contributed by atoms with E-state index in [1.807, 2.05) is 48.5 Å². The number of hydrogen-bond acceptors (Lipinski definition) is 9. The lowest BCUT2D eigenvalue weighted by Gasteiger charge is -2.26. The Labute approximate surface area is 189 Å². The second-order valence-electron chi connectivity index (χ2n) is 6.89. The lowest BCUT2D eigenvalue weighted by molar-refractivity contribution is -0.168. The van der Waals surface area contributed by atoms with E-state index < -0.39 is 23.3 Å². The van der Waals surface area contributed by atoms with Crippen molar-refractivity contribution in [1.82, 2.24) is 19.9 Å². The first kappa shape index (κ1) is 20.5. The Kier molecular flexibility index (Phi) is 5.06. The van der Waals surface area contributed by atoms with E-state index >= 15 is 0 Å². The molecule has 3 heterocycles. The van der Waals surface area contributed by atoms with Gasteiger partial charge in [-0.3, -0.25) is 0 Å². The maximum atomic E-state index is 12.9. The summed E-state index contributed by atoms with van der Waals surface area (Å²) in [4.78, 5) is 40.4. The van der Waals surface area contributed by atoms with Gasteiger partial charge in [0.1, 0.15) is 0 Å². The maximum absolute atomic E-state index is 12.9. The van der Waals surface area contributed by atoms with Crippen molar-refractivity contribution in [1.29, 1.82) is 0 Å². The fraction of sp³-hybridized carbons (Fsp3) is 0.143. The van der Waals surface area contributed by atoms with Crippen LogP contribution in [0, 0.1) is 0 Å². The number of nitrogens with one attached hydrogen (secondary N) is 2. The smallest absolute Gasteiger partial charge is 0.375 e. The number of methoxy groups -OCH3 is 1. The Morgan fingerprint density at radius 1 is 1.06 bits per heavy atom. The number of aliphatic hydroxyl groups is 1. The maximum Gasteiger partial charge on any atom is 0.375 e. The second-order valence-corrected chi connectivity index (χ2v) is 8.86. The topological polar surface area (TPSA) is 130 Å². The standard InChI is InChI=1S/C21H16N4O5S2/c1-29-18(28)21(10-31-19-22-11-6-2-3-7-12(11)23-19)16(15(26)17(27)30-21)32-20-24-13-8-4-5-9-14(13)25-20/h2-9,26H,10H2,1H3,(H,22,23)(H,24,25). The quantitative estimate of drug-likeness (QED) is 0.287. The molecule has 0 aliphatic carbocycles. The molecule has 2 aromatic heterocycles. The summed E-state index contributed by atoms with van der Waals surface area (Å²) in [5, 5.41) is 11.4. The molecular weight excluding hydrogens is 452 g/mol. The molecule has 1 unspecified atom stereocenters. The first-order chi connectivity index (χ1) is 15.5. The summed E-state index contributed by atoms with van der Waals surface area (Å²) in [7, 11) is 1.20. The van der Waals surface area contributed by atoms with Gasteiger partial charge in [-0.1, -0.05) is 36.0 Å². The summed E-state index contributed by atoms with van der Waals surface area (Å²) in [6.07, 6.45) is 0. The minimum absolute atomic E-state index is 0.0111. The van der Waals surface area contributed by atoms with Crippen molar-refractivity contribution in [2.45, 2.75) is 15.9 Å². The van der Waals surface area contributed by atoms with Crippen LogP contribution < -0.4 is 0 Å². The molecule has 1 atom stereocenters. The van der Waals surface area contributed by atoms with Gasteiger partial charge in [0.05, 0.1) is 39.8 Å². The number of nitrogens with zero attached hydrogens (tertiary/aromatic N) is 2. The molecule has 32 heavy (non-hydrogen) atoms. The molecule has 0 radical (unpaired) electrons. The number of aliphatic hydroxyl groups excluding tert-OH is 1. The largest absolute Gasteiger partial charge is 0.501 e. The molecule has 2 aromatic carbocycles. The Morgan fingerprint density at radius 3 is 2.28 bits per heavy atom. The Hall–Kier alpha value is -3.44. The molecule has 1 aliphatic rings. The molecule has 0 bridgehead atoms. The summed E-state index contributed by atoms with van der Waals surface area (Å²) < 4.78 is 10.4. The van der Waals surface area contributed by atoms with E-state index in [4.69, 9.17) is 9.47 Å². The molecule has 1 aliphatic heterocycles. The fourth-order valence-electron chi connectivity index (χ4n) is 3.36. The van der Waals surface area contributed by atoms with E-state index in [0.717, 1.165) is 28.3 Å². The van der Waals surface area contributed by atoms with Gasteiger partial charge in [-0.05, 0) is 36.0 Å². The van der Waals surface area contributed by atoms with Crippen molar-refractivity contribution in [3.8, 4) is 0 Å². The second kappa shape index (κ2) is 7.92. The molecule has 0 saturated carbocycles. The number of ether oxygens (including phenoxy) is 2. The third-order valence-electron chi connectivity index (χ3n) is 4.90. The molecule has 11 heteroatoms. The minimum Gasteiger partial charge on any atom is -0.501 e. The highest BCUT2D eigenvalue weighted by atomic mass is 32.2. The van der Waals surface area contributed by atoms with Gasteiger partial charge in [0, 0.05) is 0 Å². The van der Waals surface area contributed by atoms with Crippen LogP contribution in [0.5, 0.6) is 0 Å². The number of aromatic amines is 2. The monoisotopic (exact) mass is 468 g/mol. The number of fused-ring (bicyclic) bond motifs is 2. The number of benzene rings is 2. The van der Waals surface area contributed by atoms with Gasteiger partial charge in [-0.25, -0.2) is 19.6 Å². The van der Waals surface area contributed by atoms with E-state index in [1.165, 1.54) is 18.9 Å². The van der Waals surface area contributed by atoms with Crippen LogP contribution in [-0.4, -0.2) is 55.4 Å². The summed E-state index contributed by atoms with van der Waals surface area (Å²) in [6.45, 7) is 0. The number of carbonyl (C=O) groups excluding carboxylic acids is 2. The SMILES string of the molecule is COC(=O)C1(CSc2nc3ccccc3[nH]2)OC(=O)C(O)=C1Sc1nc2ccccc2[nH]1. The Balaban J connectivity index is 1.49. The van der Waals surface area contributed by atoms with Crippen LogP contribution in [0.3, 0.4) is 0 Å². The van der Waals surface area contributed by atoms with Crippen LogP contribution in [0.4, 0.5) is 0 Å². The first-order valence-electron chi connectivity index (χ1n) is 9.46. The number of para-hydroxylation sites is 4. The molecular formula is C21H16N4O5S2. The summed E-state index contributed by atoms with van der Waals surface area (Å²) in [5.74, 6) is -2.51. The predicted molar refractivity (Wildman–Crippen MR) is 119 cm³/mol. The highest BCUT2D eigenvalue weighted by Crippen LogP contribution is 2.45. The Bertz CT molecular complexity index is 1330. The summed E-state index contributed by atoms with van der Waals surface area (Å²) in [5.41, 5.74) is 1.24. The number of cyclic esters (lactones) is 1. The van der Waals surface area contributed by atoms with Crippen molar-refractivity contribution in [3.63, 3.8) is 0 Å². The number of thioether (sulfide) groups is 2. The minimum atomic E-state index is -1.84. The molecule has 0 spiro atoms. The summed E-state index contributed by atoms with van der Waals surface area (Å²) in [6, 6.07) is 14.9. The van der Waals surface area contributed by atoms with Crippen molar-refractivity contribution in [2.75, 3.05) is 12.9 Å². The van der Waals surface area contributed by atoms with E-state index in [0.29, 0.717) is 15.8 Å². The lowest BCUT2D eigenvalue weighted by atomic mass is 10.1. The molecule has 4 aromatic rings. The number of carbonyl (C=O) groups is 2. The van der Waals surface area contributed by atoms with E-state index in [-0.39, 0.29) is 10.7 Å². The van der Waals surface area contributed by atoms with Gasteiger partial charge in [0.2, 0.25) is 5.76 Å². The van der Waals surface area contributed by atoms with Gasteiger partial charge >= 0.3 is 11.9 Å². The van der Waals surface area contributed by atoms with Crippen molar-refractivity contribution in [2.24, 2.45) is 0 Å². The number of rotatable bonds is 6. The third kappa shape index (κ3) is 3.39. The first-order valence-corrected chi connectivity index (χ1v) is 11.3. The van der Waals surface area contributed by atoms with Crippen molar-refractivity contribution < 1.29 is 24.2 Å². The van der Waals surface area contributed by atoms with Crippen molar-refractivity contribution >= 4 is 57.5 Å². The average molecular weight is 469 g/mol. The van der Waals surface area contributed by atoms with Gasteiger partial charge in [0.15, 0.2) is 10.3 Å². The Morgan fingerprint density at radius 2 is 1.66 bits per heavy atom. The number of esters is 2. The van der Waals surface area contributed by atoms with Crippen LogP contribution in [-0.2, 0) is 19.1 Å². The van der Waals surface area contributed by atoms with Gasteiger partial charge in [-0.15, -0.1) is 0 Å². The van der Waals surface area contributed by atoms with E-state index in [9.17, 15) is 14.7 Å². The van der Waals surface area contributed by atoms with Crippen LogP contribution in [0.25, 0.3) is 22.1 Å². The number of imidazole rings is 2. The number of H-pyrrole nitrogens is 2. The van der Waals surface area contributed by atoms with Crippen LogP contribution in [0.1, 0.15) is 0 Å². The number of hydrogen-bond donors (Lipinski definition) is 3. The molecule has 162 valence electrons. The zero-order valence-electron chi connectivity index (χ0n) is 16.6. The summed E-state index contributed by atoms with van der Waals surface area (Å²) >= 11 is 2.13. The fourth-order valence-corrected chi connectivity index (χ4v) is 5.50. The average Bonchev–Trinajstić information content (AvgIpc) is 3.47. The van der Waals surface area contributed by atoms with Crippen molar-refractivity contribution in [3.05, 3.63) is 59.2 Å². The van der Waals surface area contributed by atoms with E-state index in [2.05, 4.69) is 19.9 Å². The van der Waals surface area contributed by atoms with Crippen LogP contribution >= 0.6 is 23.5 Å². The van der Waals surface area contributed by atoms with Gasteiger partial charge in [-0.2, -0.15) is 0 Å². The molecule has 5 rings (SSSR count). The molecule has 0 amide bonds. The normalized spacial score (nSPS) is 18.5. The van der Waals surface area contributed by atoms with Crippen LogP contribution in [0.2, 0.25) is 0 Å². The molecule has 0 saturated heterocycles. The molecule has 0 fully saturated rings. The highest BCUT2D eigenvalue weighted by molar-refractivity contribution is 8.03. The molecule has 9 nitrogen and oxygen atoms in total. The van der Waals surface area contributed by atoms with Crippen LogP contribution in [0.15, 0.2) is 69.5 Å². The zero-order valence-corrected chi connectivity index (χ0v) is 18.3. The third-order valence-corrected chi connectivity index (χ3v) is 7.04. The van der Waals surface area contributed by atoms with E-state index in [1.54, 1.807) is 0 Å². The predicted octanol–water partition coefficient (Wildman–Crippen LogP) is 3.56.